The van der Waals surface area contributed by atoms with E-state index < -0.39 is 5.97 Å². The van der Waals surface area contributed by atoms with E-state index in [1.165, 1.54) is 6.07 Å². The van der Waals surface area contributed by atoms with E-state index in [0.29, 0.717) is 11.6 Å². The lowest BCUT2D eigenvalue weighted by atomic mass is 10.0. The standard InChI is InChI=1S/C15H11ClO3/c16-13-8-11(15(17)18)1-3-12(13)9-2-4-14-10(7-9)5-6-19-14/h1-4,7-8H,5-6H2,(H,17,18). The second kappa shape index (κ2) is 4.59. The van der Waals surface area contributed by atoms with Gasteiger partial charge in [-0.25, -0.2) is 4.79 Å². The van der Waals surface area contributed by atoms with E-state index in [-0.39, 0.29) is 5.56 Å². The second-order valence-corrected chi connectivity index (χ2v) is 4.83. The maximum absolute atomic E-state index is 10.9. The highest BCUT2D eigenvalue weighted by molar-refractivity contribution is 6.33. The summed E-state index contributed by atoms with van der Waals surface area (Å²) < 4.78 is 5.46. The van der Waals surface area contributed by atoms with Crippen LogP contribution in [-0.4, -0.2) is 17.7 Å². The summed E-state index contributed by atoms with van der Waals surface area (Å²) in [4.78, 5) is 10.9. The molecule has 0 aliphatic carbocycles. The topological polar surface area (TPSA) is 46.5 Å². The number of fused-ring (bicyclic) bond motifs is 1. The van der Waals surface area contributed by atoms with Gasteiger partial charge in [-0.05, 0) is 35.4 Å². The molecular formula is C15H11ClO3. The molecule has 0 fully saturated rings. The molecule has 0 amide bonds. The van der Waals surface area contributed by atoms with Crippen LogP contribution in [0, 0.1) is 0 Å². The first kappa shape index (κ1) is 12.1. The highest BCUT2D eigenvalue weighted by atomic mass is 35.5. The molecule has 0 radical (unpaired) electrons. The molecule has 3 nitrogen and oxygen atoms in total. The first-order valence-electron chi connectivity index (χ1n) is 5.94. The molecule has 0 saturated carbocycles. The van der Waals surface area contributed by atoms with Crippen LogP contribution in [0.2, 0.25) is 5.02 Å². The Morgan fingerprint density at radius 2 is 2.05 bits per heavy atom. The maximum atomic E-state index is 10.9. The highest BCUT2D eigenvalue weighted by Crippen LogP contribution is 2.34. The third kappa shape index (κ3) is 2.17. The largest absolute Gasteiger partial charge is 0.493 e. The van der Waals surface area contributed by atoms with Crippen molar-refractivity contribution in [3.8, 4) is 16.9 Å². The molecule has 0 bridgehead atoms. The lowest BCUT2D eigenvalue weighted by Crippen LogP contribution is -1.96. The SMILES string of the molecule is O=C(O)c1ccc(-c2ccc3c(c2)CCO3)c(Cl)c1. The minimum atomic E-state index is -0.976. The molecule has 1 aliphatic heterocycles. The minimum absolute atomic E-state index is 0.193. The fraction of sp³-hybridized carbons (Fsp3) is 0.133. The van der Waals surface area contributed by atoms with Gasteiger partial charge in [-0.1, -0.05) is 23.7 Å². The van der Waals surface area contributed by atoms with Crippen LogP contribution in [0.4, 0.5) is 0 Å². The van der Waals surface area contributed by atoms with Crippen molar-refractivity contribution < 1.29 is 14.6 Å². The van der Waals surface area contributed by atoms with Crippen LogP contribution in [0.5, 0.6) is 5.75 Å². The number of ether oxygens (including phenoxy) is 1. The summed E-state index contributed by atoms with van der Waals surface area (Å²) in [5.41, 5.74) is 3.17. The Kier molecular flexibility index (Phi) is 2.91. The summed E-state index contributed by atoms with van der Waals surface area (Å²) >= 11 is 6.16. The second-order valence-electron chi connectivity index (χ2n) is 4.42. The number of carboxylic acids is 1. The molecule has 0 aromatic heterocycles. The van der Waals surface area contributed by atoms with Gasteiger partial charge in [0.15, 0.2) is 0 Å². The zero-order valence-corrected chi connectivity index (χ0v) is 10.8. The fourth-order valence-electron chi connectivity index (χ4n) is 2.24. The quantitative estimate of drug-likeness (QED) is 0.909. The van der Waals surface area contributed by atoms with Gasteiger partial charge in [0.1, 0.15) is 5.75 Å². The highest BCUT2D eigenvalue weighted by Gasteiger charge is 2.14. The average molecular weight is 275 g/mol. The van der Waals surface area contributed by atoms with Gasteiger partial charge in [-0.3, -0.25) is 0 Å². The first-order valence-corrected chi connectivity index (χ1v) is 6.32. The van der Waals surface area contributed by atoms with Crippen molar-refractivity contribution in [2.24, 2.45) is 0 Å². The maximum Gasteiger partial charge on any atom is 0.335 e. The van der Waals surface area contributed by atoms with E-state index in [0.717, 1.165) is 28.9 Å². The molecule has 0 saturated heterocycles. The Morgan fingerprint density at radius 3 is 2.79 bits per heavy atom. The van der Waals surface area contributed by atoms with E-state index in [4.69, 9.17) is 21.4 Å². The van der Waals surface area contributed by atoms with Crippen molar-refractivity contribution in [2.45, 2.75) is 6.42 Å². The Hall–Kier alpha value is -2.00. The smallest absolute Gasteiger partial charge is 0.335 e. The predicted octanol–water partition coefficient (Wildman–Crippen LogP) is 3.64. The molecule has 1 N–H and O–H groups in total. The van der Waals surface area contributed by atoms with Gasteiger partial charge in [0.25, 0.3) is 0 Å². The van der Waals surface area contributed by atoms with Crippen molar-refractivity contribution in [1.82, 2.24) is 0 Å². The third-order valence-corrected chi connectivity index (χ3v) is 3.53. The lowest BCUT2D eigenvalue weighted by Gasteiger charge is -2.07. The van der Waals surface area contributed by atoms with Crippen LogP contribution in [0.3, 0.4) is 0 Å². The first-order chi connectivity index (χ1) is 9.15. The lowest BCUT2D eigenvalue weighted by molar-refractivity contribution is 0.0697. The Morgan fingerprint density at radius 1 is 1.21 bits per heavy atom. The Balaban J connectivity index is 2.05. The molecule has 3 rings (SSSR count). The third-order valence-electron chi connectivity index (χ3n) is 3.22. The molecule has 4 heteroatoms. The zero-order chi connectivity index (χ0) is 13.4. The molecule has 96 valence electrons. The van der Waals surface area contributed by atoms with E-state index in [2.05, 4.69) is 0 Å². The summed E-state index contributed by atoms with van der Waals surface area (Å²) in [5.74, 6) is -0.0576. The summed E-state index contributed by atoms with van der Waals surface area (Å²) in [6.07, 6.45) is 0.897. The van der Waals surface area contributed by atoms with Crippen molar-refractivity contribution in [2.75, 3.05) is 6.61 Å². The summed E-state index contributed by atoms with van der Waals surface area (Å²) in [6, 6.07) is 10.7. The fourth-order valence-corrected chi connectivity index (χ4v) is 2.53. The zero-order valence-electron chi connectivity index (χ0n) is 10.0. The molecule has 2 aromatic carbocycles. The summed E-state index contributed by atoms with van der Waals surface area (Å²) in [6.45, 7) is 0.713. The summed E-state index contributed by atoms with van der Waals surface area (Å²) in [7, 11) is 0. The molecule has 0 spiro atoms. The van der Waals surface area contributed by atoms with Crippen molar-refractivity contribution in [1.29, 1.82) is 0 Å². The van der Waals surface area contributed by atoms with E-state index in [1.54, 1.807) is 12.1 Å². The number of benzene rings is 2. The number of halogens is 1. The molecule has 2 aromatic rings. The van der Waals surface area contributed by atoms with Gasteiger partial charge in [0, 0.05) is 17.0 Å². The van der Waals surface area contributed by atoms with Gasteiger partial charge < -0.3 is 9.84 Å². The monoisotopic (exact) mass is 274 g/mol. The van der Waals surface area contributed by atoms with Crippen molar-refractivity contribution in [3.63, 3.8) is 0 Å². The van der Waals surface area contributed by atoms with Crippen LogP contribution in [0.25, 0.3) is 11.1 Å². The average Bonchev–Trinajstić information content (AvgIpc) is 2.85. The number of aromatic carboxylic acids is 1. The normalized spacial score (nSPS) is 12.9. The van der Waals surface area contributed by atoms with Crippen LogP contribution < -0.4 is 4.74 Å². The molecule has 0 atom stereocenters. The number of hydrogen-bond acceptors (Lipinski definition) is 2. The number of rotatable bonds is 2. The van der Waals surface area contributed by atoms with E-state index in [1.807, 2.05) is 18.2 Å². The van der Waals surface area contributed by atoms with Gasteiger partial charge in [0.2, 0.25) is 0 Å². The van der Waals surface area contributed by atoms with Crippen molar-refractivity contribution >= 4 is 17.6 Å². The Bertz CT molecular complexity index is 664. The molecular weight excluding hydrogens is 264 g/mol. The van der Waals surface area contributed by atoms with Crippen LogP contribution in [0.1, 0.15) is 15.9 Å². The van der Waals surface area contributed by atoms with Crippen molar-refractivity contribution in [3.05, 3.63) is 52.5 Å². The summed E-state index contributed by atoms with van der Waals surface area (Å²) in [5, 5.41) is 9.37. The molecule has 1 aliphatic rings. The van der Waals surface area contributed by atoms with Gasteiger partial charge in [0.05, 0.1) is 12.2 Å². The van der Waals surface area contributed by atoms with E-state index in [9.17, 15) is 4.79 Å². The number of hydrogen-bond donors (Lipinski definition) is 1. The van der Waals surface area contributed by atoms with Gasteiger partial charge in [-0.2, -0.15) is 0 Å². The van der Waals surface area contributed by atoms with Gasteiger partial charge >= 0.3 is 5.97 Å². The molecule has 0 unspecified atom stereocenters. The van der Waals surface area contributed by atoms with Gasteiger partial charge in [-0.15, -0.1) is 0 Å². The Labute approximate surface area is 115 Å². The molecule has 1 heterocycles. The molecule has 19 heavy (non-hydrogen) atoms. The van der Waals surface area contributed by atoms with Crippen LogP contribution in [0.15, 0.2) is 36.4 Å². The van der Waals surface area contributed by atoms with E-state index >= 15 is 0 Å². The van der Waals surface area contributed by atoms with Crippen LogP contribution >= 0.6 is 11.6 Å². The number of carbonyl (C=O) groups is 1. The predicted molar refractivity (Wildman–Crippen MR) is 73.0 cm³/mol. The van der Waals surface area contributed by atoms with Crippen LogP contribution in [-0.2, 0) is 6.42 Å². The number of carboxylic acid groups (broad SMARTS) is 1. The minimum Gasteiger partial charge on any atom is -0.493 e.